The van der Waals surface area contributed by atoms with Gasteiger partial charge in [-0.2, -0.15) is 19.7 Å². The number of aromatic nitrogens is 7. The zero-order chi connectivity index (χ0) is 16.0. The molecule has 3 aromatic rings. The fraction of sp³-hybridized carbons (Fsp3) is 0.533. The quantitative estimate of drug-likeness (QED) is 0.790. The number of hydrogen-bond acceptors (Lipinski definition) is 6. The molecule has 0 radical (unpaired) electrons. The highest BCUT2D eigenvalue weighted by Crippen LogP contribution is 2.20. The smallest absolute Gasteiger partial charge is 0.254 e. The van der Waals surface area contributed by atoms with Crippen molar-refractivity contribution in [3.05, 3.63) is 29.7 Å². The van der Waals surface area contributed by atoms with Gasteiger partial charge in [-0.05, 0) is 13.3 Å². The lowest BCUT2D eigenvalue weighted by molar-refractivity contribution is 0.438. The van der Waals surface area contributed by atoms with Gasteiger partial charge in [0.15, 0.2) is 5.82 Å². The van der Waals surface area contributed by atoms with Crippen LogP contribution in [0, 0.1) is 6.92 Å². The van der Waals surface area contributed by atoms with Gasteiger partial charge in [0.25, 0.3) is 5.78 Å². The van der Waals surface area contributed by atoms with Crippen LogP contribution in [-0.4, -0.2) is 40.4 Å². The molecule has 1 aliphatic heterocycles. The molecule has 0 saturated heterocycles. The molecule has 23 heavy (non-hydrogen) atoms. The fourth-order valence-electron chi connectivity index (χ4n) is 2.93. The molecule has 1 aliphatic rings. The Hall–Kier alpha value is -2.51. The topological polar surface area (TPSA) is 85.8 Å². The van der Waals surface area contributed by atoms with Gasteiger partial charge in [0.05, 0.1) is 6.54 Å². The predicted octanol–water partition coefficient (Wildman–Crippen LogP) is 1.57. The van der Waals surface area contributed by atoms with E-state index in [9.17, 15) is 0 Å². The monoisotopic (exact) mass is 312 g/mol. The van der Waals surface area contributed by atoms with E-state index in [4.69, 9.17) is 0 Å². The van der Waals surface area contributed by atoms with Crippen molar-refractivity contribution < 1.29 is 0 Å². The molecular weight excluding hydrogens is 292 g/mol. The van der Waals surface area contributed by atoms with Crippen molar-refractivity contribution in [2.24, 2.45) is 0 Å². The van der Waals surface area contributed by atoms with Crippen molar-refractivity contribution in [2.75, 3.05) is 5.32 Å². The first kappa shape index (κ1) is 14.1. The third kappa shape index (κ3) is 2.54. The van der Waals surface area contributed by atoms with Crippen LogP contribution in [0.1, 0.15) is 43.5 Å². The molecule has 0 saturated carbocycles. The largest absolute Gasteiger partial charge is 0.365 e. The van der Waals surface area contributed by atoms with Crippen molar-refractivity contribution in [1.82, 2.24) is 34.3 Å². The maximum atomic E-state index is 4.63. The maximum absolute atomic E-state index is 4.63. The van der Waals surface area contributed by atoms with E-state index in [-0.39, 0.29) is 0 Å². The molecule has 0 spiro atoms. The van der Waals surface area contributed by atoms with Crippen LogP contribution in [0.3, 0.4) is 0 Å². The summed E-state index contributed by atoms with van der Waals surface area (Å²) in [5, 5.41) is 12.4. The van der Waals surface area contributed by atoms with Crippen LogP contribution in [0.2, 0.25) is 0 Å². The Morgan fingerprint density at radius 1 is 1.30 bits per heavy atom. The van der Waals surface area contributed by atoms with Crippen LogP contribution in [-0.2, 0) is 13.0 Å². The molecule has 0 unspecified atom stereocenters. The SMILES string of the molecule is Cc1cc(N[C@@H]2CCc3nc(C(C)C)nn3C2)n2ncnc2n1. The van der Waals surface area contributed by atoms with Crippen LogP contribution in [0.5, 0.6) is 0 Å². The highest BCUT2D eigenvalue weighted by Gasteiger charge is 2.23. The third-order valence-corrected chi connectivity index (χ3v) is 4.12. The Labute approximate surface area is 134 Å². The van der Waals surface area contributed by atoms with Crippen molar-refractivity contribution in [1.29, 1.82) is 0 Å². The summed E-state index contributed by atoms with van der Waals surface area (Å²) in [6.07, 6.45) is 3.48. The van der Waals surface area contributed by atoms with Gasteiger partial charge in [0.1, 0.15) is 18.0 Å². The zero-order valence-electron chi connectivity index (χ0n) is 13.6. The van der Waals surface area contributed by atoms with Gasteiger partial charge < -0.3 is 5.32 Å². The summed E-state index contributed by atoms with van der Waals surface area (Å²) in [6.45, 7) is 7.02. The number of nitrogens with zero attached hydrogens (tertiary/aromatic N) is 7. The molecule has 1 N–H and O–H groups in total. The second kappa shape index (κ2) is 5.29. The maximum Gasteiger partial charge on any atom is 0.254 e. The van der Waals surface area contributed by atoms with Crippen LogP contribution in [0.25, 0.3) is 5.78 Å². The highest BCUT2D eigenvalue weighted by molar-refractivity contribution is 5.45. The Morgan fingerprint density at radius 2 is 2.17 bits per heavy atom. The normalized spacial score (nSPS) is 17.7. The van der Waals surface area contributed by atoms with Gasteiger partial charge in [-0.3, -0.25) is 0 Å². The first-order valence-electron chi connectivity index (χ1n) is 7.97. The molecule has 0 bridgehead atoms. The van der Waals surface area contributed by atoms with E-state index in [1.807, 2.05) is 17.7 Å². The van der Waals surface area contributed by atoms with Gasteiger partial charge >= 0.3 is 0 Å². The summed E-state index contributed by atoms with van der Waals surface area (Å²) < 4.78 is 3.77. The molecule has 0 aromatic carbocycles. The Balaban J connectivity index is 1.58. The second-order valence-corrected chi connectivity index (χ2v) is 6.36. The Kier molecular flexibility index (Phi) is 3.24. The van der Waals surface area contributed by atoms with E-state index in [0.29, 0.717) is 17.7 Å². The van der Waals surface area contributed by atoms with Crippen LogP contribution in [0.4, 0.5) is 5.82 Å². The molecule has 3 aromatic heterocycles. The minimum atomic E-state index is 0.290. The minimum absolute atomic E-state index is 0.290. The molecular formula is C15H20N8. The lowest BCUT2D eigenvalue weighted by Crippen LogP contribution is -2.32. The van der Waals surface area contributed by atoms with Gasteiger partial charge in [-0.15, -0.1) is 0 Å². The van der Waals surface area contributed by atoms with E-state index < -0.39 is 0 Å². The van der Waals surface area contributed by atoms with E-state index in [1.165, 1.54) is 6.33 Å². The number of aryl methyl sites for hydroxylation is 2. The predicted molar refractivity (Wildman–Crippen MR) is 85.4 cm³/mol. The summed E-state index contributed by atoms with van der Waals surface area (Å²) in [5.41, 5.74) is 0.923. The molecule has 8 nitrogen and oxygen atoms in total. The number of rotatable bonds is 3. The van der Waals surface area contributed by atoms with Crippen LogP contribution < -0.4 is 5.32 Å². The summed E-state index contributed by atoms with van der Waals surface area (Å²) in [4.78, 5) is 13.2. The molecule has 4 rings (SSSR count). The fourth-order valence-corrected chi connectivity index (χ4v) is 2.93. The van der Waals surface area contributed by atoms with Crippen molar-refractivity contribution in [2.45, 2.75) is 52.1 Å². The number of hydrogen-bond donors (Lipinski definition) is 1. The average molecular weight is 312 g/mol. The summed E-state index contributed by atoms with van der Waals surface area (Å²) in [5.74, 6) is 3.91. The molecule has 0 aliphatic carbocycles. The van der Waals surface area contributed by atoms with Gasteiger partial charge in [0.2, 0.25) is 0 Å². The number of anilines is 1. The Bertz CT molecular complexity index is 846. The lowest BCUT2D eigenvalue weighted by Gasteiger charge is -2.24. The van der Waals surface area contributed by atoms with Crippen molar-refractivity contribution in [3.8, 4) is 0 Å². The Morgan fingerprint density at radius 3 is 3.00 bits per heavy atom. The molecule has 0 amide bonds. The lowest BCUT2D eigenvalue weighted by atomic mass is 10.1. The highest BCUT2D eigenvalue weighted by atomic mass is 15.4. The standard InChI is InChI=1S/C15H20N8/c1-9(2)14-20-12-5-4-11(7-22(12)21-14)19-13-6-10(3)18-15-16-8-17-23(13)15/h6,8-9,11,19H,4-5,7H2,1-3H3/t11-/m1/s1. The van der Waals surface area contributed by atoms with E-state index in [1.54, 1.807) is 4.52 Å². The van der Waals surface area contributed by atoms with E-state index >= 15 is 0 Å². The van der Waals surface area contributed by atoms with Gasteiger partial charge in [-0.1, -0.05) is 13.8 Å². The van der Waals surface area contributed by atoms with Crippen LogP contribution >= 0.6 is 0 Å². The number of nitrogens with one attached hydrogen (secondary N) is 1. The van der Waals surface area contributed by atoms with E-state index in [2.05, 4.69) is 44.3 Å². The molecule has 0 fully saturated rings. The summed E-state index contributed by atoms with van der Waals surface area (Å²) in [7, 11) is 0. The first-order valence-corrected chi connectivity index (χ1v) is 7.97. The van der Waals surface area contributed by atoms with Gasteiger partial charge in [-0.25, -0.2) is 14.6 Å². The van der Waals surface area contributed by atoms with Gasteiger partial charge in [0, 0.05) is 30.1 Å². The third-order valence-electron chi connectivity index (χ3n) is 4.12. The van der Waals surface area contributed by atoms with Crippen LogP contribution in [0.15, 0.2) is 12.4 Å². The first-order chi connectivity index (χ1) is 11.1. The van der Waals surface area contributed by atoms with Crippen molar-refractivity contribution >= 4 is 11.6 Å². The second-order valence-electron chi connectivity index (χ2n) is 6.36. The molecule has 120 valence electrons. The molecule has 4 heterocycles. The van der Waals surface area contributed by atoms with Crippen molar-refractivity contribution in [3.63, 3.8) is 0 Å². The number of fused-ring (bicyclic) bond motifs is 2. The molecule has 8 heteroatoms. The summed E-state index contributed by atoms with van der Waals surface area (Å²) in [6, 6.07) is 2.29. The molecule has 1 atom stereocenters. The summed E-state index contributed by atoms with van der Waals surface area (Å²) >= 11 is 0. The zero-order valence-corrected chi connectivity index (χ0v) is 13.6. The average Bonchev–Trinajstić information content (AvgIpc) is 3.12. The minimum Gasteiger partial charge on any atom is -0.365 e. The van der Waals surface area contributed by atoms with E-state index in [0.717, 1.165) is 42.5 Å².